The third-order valence-corrected chi connectivity index (χ3v) is 3.62. The molecule has 0 atom stereocenters. The summed E-state index contributed by atoms with van der Waals surface area (Å²) in [5, 5.41) is 0. The van der Waals surface area contributed by atoms with Gasteiger partial charge in [0.1, 0.15) is 0 Å². The summed E-state index contributed by atoms with van der Waals surface area (Å²) in [6.45, 7) is 5.92. The lowest BCUT2D eigenvalue weighted by Gasteiger charge is -2.35. The minimum atomic E-state index is -0.0147. The van der Waals surface area contributed by atoms with Gasteiger partial charge >= 0.3 is 0 Å². The van der Waals surface area contributed by atoms with Crippen molar-refractivity contribution in [2.24, 2.45) is 5.73 Å². The zero-order valence-corrected chi connectivity index (χ0v) is 11.2. The Morgan fingerprint density at radius 3 is 2.05 bits per heavy atom. The summed E-state index contributed by atoms with van der Waals surface area (Å²) >= 11 is 0. The third-order valence-electron chi connectivity index (χ3n) is 3.62. The molecule has 0 aromatic rings. The molecular weight excluding hydrogens is 248 g/mol. The van der Waals surface area contributed by atoms with E-state index >= 15 is 0 Å². The first-order chi connectivity index (χ1) is 9.20. The van der Waals surface area contributed by atoms with Crippen LogP contribution in [-0.4, -0.2) is 92.1 Å². The molecule has 0 radical (unpaired) electrons. The van der Waals surface area contributed by atoms with Gasteiger partial charge in [-0.1, -0.05) is 0 Å². The van der Waals surface area contributed by atoms with Crippen molar-refractivity contribution in [2.45, 2.75) is 0 Å². The Morgan fingerprint density at radius 1 is 0.895 bits per heavy atom. The Labute approximate surface area is 113 Å². The van der Waals surface area contributed by atoms with E-state index in [1.54, 1.807) is 4.90 Å². The largest absolute Gasteiger partial charge is 0.378 e. The molecule has 0 aromatic carbocycles. The summed E-state index contributed by atoms with van der Waals surface area (Å²) in [5.41, 5.74) is 5.34. The van der Waals surface area contributed by atoms with Crippen molar-refractivity contribution >= 4 is 11.8 Å². The Kier molecular flexibility index (Phi) is 5.12. The van der Waals surface area contributed by atoms with E-state index in [1.807, 2.05) is 4.90 Å². The van der Waals surface area contributed by atoms with Crippen LogP contribution in [-0.2, 0) is 14.3 Å². The van der Waals surface area contributed by atoms with Gasteiger partial charge in [-0.15, -0.1) is 0 Å². The second kappa shape index (κ2) is 6.83. The van der Waals surface area contributed by atoms with Crippen LogP contribution in [0.15, 0.2) is 0 Å². The second-order valence-corrected chi connectivity index (χ2v) is 4.85. The third kappa shape index (κ3) is 3.89. The van der Waals surface area contributed by atoms with Crippen molar-refractivity contribution in [1.29, 1.82) is 0 Å². The van der Waals surface area contributed by atoms with E-state index in [1.165, 1.54) is 0 Å². The molecule has 0 saturated carbocycles. The van der Waals surface area contributed by atoms with E-state index in [4.69, 9.17) is 10.5 Å². The van der Waals surface area contributed by atoms with Crippen molar-refractivity contribution < 1.29 is 14.3 Å². The fourth-order valence-corrected chi connectivity index (χ4v) is 2.39. The lowest BCUT2D eigenvalue weighted by molar-refractivity contribution is -0.137. The first kappa shape index (κ1) is 14.2. The smallest absolute Gasteiger partial charge is 0.236 e. The molecule has 7 heteroatoms. The van der Waals surface area contributed by atoms with Crippen LogP contribution in [0.25, 0.3) is 0 Å². The van der Waals surface area contributed by atoms with Crippen LogP contribution in [0.4, 0.5) is 0 Å². The van der Waals surface area contributed by atoms with Gasteiger partial charge in [0.25, 0.3) is 0 Å². The standard InChI is InChI=1S/C12H22N4O3/c13-9-11(17)15-3-1-14(2-4-15)10-12(18)16-5-7-19-8-6-16/h1-10,13H2. The summed E-state index contributed by atoms with van der Waals surface area (Å²) in [6.07, 6.45) is 0. The van der Waals surface area contributed by atoms with Gasteiger partial charge in [0.2, 0.25) is 11.8 Å². The van der Waals surface area contributed by atoms with Crippen molar-refractivity contribution in [3.8, 4) is 0 Å². The van der Waals surface area contributed by atoms with Crippen LogP contribution >= 0.6 is 0 Å². The van der Waals surface area contributed by atoms with Crippen LogP contribution in [0.3, 0.4) is 0 Å². The van der Waals surface area contributed by atoms with E-state index in [0.717, 1.165) is 13.1 Å². The zero-order valence-electron chi connectivity index (χ0n) is 11.2. The average molecular weight is 270 g/mol. The molecule has 0 aromatic heterocycles. The van der Waals surface area contributed by atoms with Crippen molar-refractivity contribution in [3.05, 3.63) is 0 Å². The van der Waals surface area contributed by atoms with Crippen molar-refractivity contribution in [3.63, 3.8) is 0 Å². The van der Waals surface area contributed by atoms with Gasteiger partial charge in [-0.05, 0) is 0 Å². The Hall–Kier alpha value is -1.18. The number of carbonyl (C=O) groups excluding carboxylic acids is 2. The molecule has 0 bridgehead atoms. The van der Waals surface area contributed by atoms with Crippen molar-refractivity contribution in [2.75, 3.05) is 65.6 Å². The molecule has 2 saturated heterocycles. The number of rotatable bonds is 3. The van der Waals surface area contributed by atoms with Crippen LogP contribution < -0.4 is 5.73 Å². The highest BCUT2D eigenvalue weighted by Gasteiger charge is 2.24. The van der Waals surface area contributed by atoms with E-state index in [9.17, 15) is 9.59 Å². The molecule has 19 heavy (non-hydrogen) atoms. The first-order valence-corrected chi connectivity index (χ1v) is 6.76. The highest BCUT2D eigenvalue weighted by atomic mass is 16.5. The zero-order chi connectivity index (χ0) is 13.7. The summed E-state index contributed by atoms with van der Waals surface area (Å²) < 4.78 is 5.23. The Balaban J connectivity index is 1.72. The predicted molar refractivity (Wildman–Crippen MR) is 69.5 cm³/mol. The molecule has 7 nitrogen and oxygen atoms in total. The van der Waals surface area contributed by atoms with Gasteiger partial charge in [0.05, 0.1) is 26.3 Å². The number of ether oxygens (including phenoxy) is 1. The van der Waals surface area contributed by atoms with Crippen molar-refractivity contribution in [1.82, 2.24) is 14.7 Å². The number of nitrogens with zero attached hydrogens (tertiary/aromatic N) is 3. The normalized spacial score (nSPS) is 21.5. The molecule has 0 aliphatic carbocycles. The van der Waals surface area contributed by atoms with Crippen LogP contribution in [0.2, 0.25) is 0 Å². The lowest BCUT2D eigenvalue weighted by Crippen LogP contribution is -2.53. The summed E-state index contributed by atoms with van der Waals surface area (Å²) in [5.74, 6) is 0.140. The van der Waals surface area contributed by atoms with E-state index in [0.29, 0.717) is 45.9 Å². The number of nitrogens with two attached hydrogens (primary N) is 1. The number of hydrogen-bond acceptors (Lipinski definition) is 5. The van der Waals surface area contributed by atoms with Gasteiger partial charge in [-0.2, -0.15) is 0 Å². The van der Waals surface area contributed by atoms with Gasteiger partial charge < -0.3 is 20.3 Å². The molecular formula is C12H22N4O3. The Morgan fingerprint density at radius 2 is 1.47 bits per heavy atom. The molecule has 108 valence electrons. The molecule has 2 heterocycles. The molecule has 2 aliphatic heterocycles. The number of morpholine rings is 1. The minimum absolute atomic E-state index is 0.0147. The van der Waals surface area contributed by atoms with Gasteiger partial charge in [-0.3, -0.25) is 14.5 Å². The molecule has 2 fully saturated rings. The maximum absolute atomic E-state index is 12.1. The summed E-state index contributed by atoms with van der Waals surface area (Å²) in [4.78, 5) is 29.2. The number of hydrogen-bond donors (Lipinski definition) is 1. The number of amides is 2. The highest BCUT2D eigenvalue weighted by molar-refractivity contribution is 5.79. The quantitative estimate of drug-likeness (QED) is 0.638. The topological polar surface area (TPSA) is 79.1 Å². The first-order valence-electron chi connectivity index (χ1n) is 6.76. The highest BCUT2D eigenvalue weighted by Crippen LogP contribution is 2.04. The number of carbonyl (C=O) groups is 2. The van der Waals surface area contributed by atoms with E-state index < -0.39 is 0 Å². The molecule has 0 unspecified atom stereocenters. The monoisotopic (exact) mass is 270 g/mol. The Bertz CT molecular complexity index is 323. The maximum atomic E-state index is 12.1. The molecule has 2 amide bonds. The second-order valence-electron chi connectivity index (χ2n) is 4.85. The SMILES string of the molecule is NCC(=O)N1CCN(CC(=O)N2CCOCC2)CC1. The van der Waals surface area contributed by atoms with E-state index in [-0.39, 0.29) is 18.4 Å². The summed E-state index contributed by atoms with van der Waals surface area (Å²) in [6, 6.07) is 0. The number of piperazine rings is 1. The predicted octanol–water partition coefficient (Wildman–Crippen LogP) is -2.05. The minimum Gasteiger partial charge on any atom is -0.378 e. The van der Waals surface area contributed by atoms with Crippen LogP contribution in [0, 0.1) is 0 Å². The average Bonchev–Trinajstić information content (AvgIpc) is 2.48. The van der Waals surface area contributed by atoms with Gasteiger partial charge in [-0.25, -0.2) is 0 Å². The fourth-order valence-electron chi connectivity index (χ4n) is 2.39. The fraction of sp³-hybridized carbons (Fsp3) is 0.833. The van der Waals surface area contributed by atoms with Crippen LogP contribution in [0.5, 0.6) is 0 Å². The molecule has 2 rings (SSSR count). The molecule has 0 spiro atoms. The summed E-state index contributed by atoms with van der Waals surface area (Å²) in [7, 11) is 0. The van der Waals surface area contributed by atoms with Crippen LogP contribution in [0.1, 0.15) is 0 Å². The van der Waals surface area contributed by atoms with Gasteiger partial charge in [0.15, 0.2) is 0 Å². The van der Waals surface area contributed by atoms with E-state index in [2.05, 4.69) is 4.90 Å². The lowest BCUT2D eigenvalue weighted by atomic mass is 10.3. The van der Waals surface area contributed by atoms with Gasteiger partial charge in [0, 0.05) is 39.3 Å². The molecule has 2 N–H and O–H groups in total. The molecule has 2 aliphatic rings. The maximum Gasteiger partial charge on any atom is 0.236 e.